The Kier molecular flexibility index (Phi) is 3.60. The first kappa shape index (κ1) is 12.5. The number of alkyl halides is 3. The van der Waals surface area contributed by atoms with Gasteiger partial charge in [-0.15, -0.1) is 0 Å². The molecule has 1 aliphatic rings. The third-order valence-electron chi connectivity index (χ3n) is 3.26. The molecule has 2 heterocycles. The molecular formula is C12H14I2N2S. The predicted octanol–water partition coefficient (Wildman–Crippen LogP) is 4.44. The van der Waals surface area contributed by atoms with Gasteiger partial charge in [0, 0.05) is 0 Å². The number of fused-ring (bicyclic) bond motifs is 3. The van der Waals surface area contributed by atoms with E-state index in [0.717, 1.165) is 7.63 Å². The number of aryl methyl sites for hydroxylation is 1. The summed E-state index contributed by atoms with van der Waals surface area (Å²) in [6, 6.07) is 0. The van der Waals surface area contributed by atoms with E-state index in [1.807, 2.05) is 11.3 Å². The van der Waals surface area contributed by atoms with Crippen LogP contribution in [0.5, 0.6) is 0 Å². The molecule has 3 rings (SSSR count). The molecule has 0 bridgehead atoms. The van der Waals surface area contributed by atoms with E-state index in [1.165, 1.54) is 29.5 Å². The molecule has 0 radical (unpaired) electrons. The van der Waals surface area contributed by atoms with Crippen LogP contribution in [0, 0.1) is 3.70 Å². The molecule has 2 nitrogen and oxygen atoms in total. The molecule has 92 valence electrons. The molecule has 1 atom stereocenters. The van der Waals surface area contributed by atoms with Crippen molar-refractivity contribution in [2.45, 2.75) is 23.2 Å². The minimum atomic E-state index is -0.808. The molecular weight excluding hydrogens is 458 g/mol. The van der Waals surface area contributed by atoms with Crippen LogP contribution >= 0.6 is 53.7 Å². The number of aromatic nitrogens is 2. The van der Waals surface area contributed by atoms with Crippen LogP contribution in [0.1, 0.15) is 27.2 Å². The molecule has 0 aliphatic heterocycles. The second-order valence-corrected chi connectivity index (χ2v) is 12.7. The van der Waals surface area contributed by atoms with Crippen molar-refractivity contribution in [2.75, 3.05) is 9.86 Å². The van der Waals surface area contributed by atoms with Gasteiger partial charge in [0.05, 0.1) is 0 Å². The summed E-state index contributed by atoms with van der Waals surface area (Å²) in [4.78, 5) is 16.6. The number of hydrogen-bond donors (Lipinski definition) is 0. The summed E-state index contributed by atoms with van der Waals surface area (Å²) in [7, 11) is 0. The first-order chi connectivity index (χ1) is 8.18. The van der Waals surface area contributed by atoms with Gasteiger partial charge in [0.25, 0.3) is 0 Å². The van der Waals surface area contributed by atoms with E-state index < -0.39 is 19.8 Å². The van der Waals surface area contributed by atoms with Gasteiger partial charge < -0.3 is 0 Å². The van der Waals surface area contributed by atoms with Gasteiger partial charge in [0.2, 0.25) is 0 Å². The molecule has 5 heteroatoms. The van der Waals surface area contributed by atoms with E-state index in [1.54, 1.807) is 16.8 Å². The van der Waals surface area contributed by atoms with E-state index >= 15 is 0 Å². The summed E-state index contributed by atoms with van der Waals surface area (Å²) in [6.07, 6.45) is 5.72. The average molecular weight is 472 g/mol. The van der Waals surface area contributed by atoms with Crippen molar-refractivity contribution in [2.24, 2.45) is 0 Å². The third kappa shape index (κ3) is 2.11. The first-order valence-corrected chi connectivity index (χ1v) is 13.0. The summed E-state index contributed by atoms with van der Waals surface area (Å²) in [6.45, 7) is 0. The summed E-state index contributed by atoms with van der Waals surface area (Å²) in [5, 5.41) is 1.38. The fraction of sp³-hybridized carbons (Fsp3) is 0.500. The molecule has 17 heavy (non-hydrogen) atoms. The molecule has 0 aromatic carbocycles. The van der Waals surface area contributed by atoms with Crippen molar-refractivity contribution in [1.82, 2.24) is 9.97 Å². The van der Waals surface area contributed by atoms with Gasteiger partial charge in [0.1, 0.15) is 0 Å². The molecule has 0 saturated carbocycles. The van der Waals surface area contributed by atoms with Crippen LogP contribution in [0.3, 0.4) is 0 Å². The van der Waals surface area contributed by atoms with Gasteiger partial charge in [-0.2, -0.15) is 0 Å². The Morgan fingerprint density at radius 3 is 3.00 bits per heavy atom. The van der Waals surface area contributed by atoms with E-state index in [0.29, 0.717) is 0 Å². The maximum atomic E-state index is 4.46. The fourth-order valence-corrected chi connectivity index (χ4v) is 8.43. The van der Waals surface area contributed by atoms with Crippen LogP contribution in [0.25, 0.3) is 10.2 Å². The maximum absolute atomic E-state index is 4.46. The van der Waals surface area contributed by atoms with Gasteiger partial charge in [0.15, 0.2) is 0 Å². The SMILES string of the molecule is CI(C)C1CCCc2sc3ncnc(I)c3c21. The Balaban J connectivity index is 2.30. The van der Waals surface area contributed by atoms with Crippen molar-refractivity contribution in [1.29, 1.82) is 0 Å². The van der Waals surface area contributed by atoms with E-state index in [9.17, 15) is 0 Å². The molecule has 0 spiro atoms. The van der Waals surface area contributed by atoms with Gasteiger partial charge in [-0.3, -0.25) is 0 Å². The van der Waals surface area contributed by atoms with Crippen LogP contribution in [0.15, 0.2) is 6.33 Å². The summed E-state index contributed by atoms with van der Waals surface area (Å²) < 4.78 is 2.01. The molecule has 0 saturated heterocycles. The zero-order valence-electron chi connectivity index (χ0n) is 9.83. The average Bonchev–Trinajstić information content (AvgIpc) is 2.67. The molecule has 0 amide bonds. The number of thiophene rings is 1. The summed E-state index contributed by atoms with van der Waals surface area (Å²) in [5.41, 5.74) is 1.64. The normalized spacial score (nSPS) is 20.4. The molecule has 1 aliphatic carbocycles. The predicted molar refractivity (Wildman–Crippen MR) is 91.7 cm³/mol. The van der Waals surface area contributed by atoms with Crippen LogP contribution in [-0.2, 0) is 6.42 Å². The van der Waals surface area contributed by atoms with Gasteiger partial charge in [-0.05, 0) is 0 Å². The number of halogens is 2. The minimum absolute atomic E-state index is 0.808. The second kappa shape index (κ2) is 4.88. The van der Waals surface area contributed by atoms with Crippen LogP contribution in [0.2, 0.25) is 0 Å². The zero-order valence-corrected chi connectivity index (χ0v) is 15.0. The van der Waals surface area contributed by atoms with Crippen molar-refractivity contribution < 1.29 is 0 Å². The number of hydrogen-bond acceptors (Lipinski definition) is 3. The quantitative estimate of drug-likeness (QED) is 0.349. The Labute approximate surface area is 126 Å². The Hall–Kier alpha value is 0.500. The third-order valence-corrected chi connectivity index (χ3v) is 9.50. The zero-order chi connectivity index (χ0) is 12.0. The van der Waals surface area contributed by atoms with Crippen LogP contribution < -0.4 is 0 Å². The standard InChI is InChI=1S/C12H14I2N2S/c1-14(2)7-4-3-5-8-9(7)10-11(13)15-6-16-12(10)17-8/h6-7H,3-5H2,1-2H3. The first-order valence-electron chi connectivity index (χ1n) is 5.59. The van der Waals surface area contributed by atoms with Crippen molar-refractivity contribution in [3.63, 3.8) is 0 Å². The monoisotopic (exact) mass is 472 g/mol. The van der Waals surface area contributed by atoms with Crippen molar-refractivity contribution >= 4 is 64.0 Å². The second-order valence-electron chi connectivity index (χ2n) is 4.46. The molecule has 0 fully saturated rings. The van der Waals surface area contributed by atoms with Gasteiger partial charge in [-0.25, -0.2) is 0 Å². The van der Waals surface area contributed by atoms with E-state index in [-0.39, 0.29) is 0 Å². The van der Waals surface area contributed by atoms with Crippen molar-refractivity contribution in [3.8, 4) is 0 Å². The van der Waals surface area contributed by atoms with E-state index in [4.69, 9.17) is 0 Å². The van der Waals surface area contributed by atoms with Crippen LogP contribution in [0.4, 0.5) is 0 Å². The Morgan fingerprint density at radius 2 is 2.24 bits per heavy atom. The van der Waals surface area contributed by atoms with E-state index in [2.05, 4.69) is 42.4 Å². The molecule has 2 aromatic rings. The summed E-state index contributed by atoms with van der Waals surface area (Å²) in [5.74, 6) is 0. The van der Waals surface area contributed by atoms with Crippen molar-refractivity contribution in [3.05, 3.63) is 20.5 Å². The Bertz CT molecular complexity index is 565. The molecule has 0 N–H and O–H groups in total. The van der Waals surface area contributed by atoms with Gasteiger partial charge in [-0.1, -0.05) is 0 Å². The number of rotatable bonds is 1. The topological polar surface area (TPSA) is 25.8 Å². The summed E-state index contributed by atoms with van der Waals surface area (Å²) >= 11 is 3.46. The molecule has 2 aromatic heterocycles. The van der Waals surface area contributed by atoms with Crippen LogP contribution in [-0.4, -0.2) is 19.8 Å². The molecule has 1 unspecified atom stereocenters. The number of nitrogens with zero attached hydrogens (tertiary/aromatic N) is 2. The van der Waals surface area contributed by atoms with Gasteiger partial charge >= 0.3 is 127 Å². The fourth-order valence-electron chi connectivity index (χ4n) is 2.50. The Morgan fingerprint density at radius 1 is 1.41 bits per heavy atom.